The molecule has 0 spiro atoms. The van der Waals surface area contributed by atoms with Crippen LogP contribution in [0.25, 0.3) is 11.4 Å². The number of rotatable bonds is 2. The molecule has 4 nitrogen and oxygen atoms in total. The van der Waals surface area contributed by atoms with Crippen LogP contribution in [0.3, 0.4) is 0 Å². The number of hydrogen-bond donors (Lipinski definition) is 1. The van der Waals surface area contributed by atoms with E-state index in [9.17, 15) is 0 Å². The number of benzene rings is 1. The van der Waals surface area contributed by atoms with Crippen LogP contribution in [0, 0.1) is 6.92 Å². The second kappa shape index (κ2) is 4.82. The fourth-order valence-electron chi connectivity index (χ4n) is 2.28. The van der Waals surface area contributed by atoms with E-state index >= 15 is 0 Å². The first-order chi connectivity index (χ1) is 8.83. The SMILES string of the molecule is Cc1nc(-c2ccccc2)nc(C2CCCN2)n1. The van der Waals surface area contributed by atoms with Gasteiger partial charge in [-0.1, -0.05) is 30.3 Å². The second-order valence-electron chi connectivity index (χ2n) is 4.58. The molecule has 0 amide bonds. The van der Waals surface area contributed by atoms with Crippen molar-refractivity contribution in [3.63, 3.8) is 0 Å². The standard InChI is InChI=1S/C14H16N4/c1-10-16-13(11-6-3-2-4-7-11)18-14(17-10)12-8-5-9-15-12/h2-4,6-7,12,15H,5,8-9H2,1H3. The zero-order valence-electron chi connectivity index (χ0n) is 10.4. The Balaban J connectivity index is 2.00. The molecule has 1 saturated heterocycles. The van der Waals surface area contributed by atoms with Crippen molar-refractivity contribution >= 4 is 0 Å². The normalized spacial score (nSPS) is 19.1. The molecule has 0 bridgehead atoms. The highest BCUT2D eigenvalue weighted by Gasteiger charge is 2.20. The van der Waals surface area contributed by atoms with Crippen molar-refractivity contribution in [2.75, 3.05) is 6.54 Å². The zero-order valence-corrected chi connectivity index (χ0v) is 10.4. The molecule has 2 heterocycles. The number of hydrogen-bond acceptors (Lipinski definition) is 4. The molecule has 3 rings (SSSR count). The number of aryl methyl sites for hydroxylation is 1. The molecule has 0 saturated carbocycles. The second-order valence-corrected chi connectivity index (χ2v) is 4.58. The van der Waals surface area contributed by atoms with Crippen molar-refractivity contribution in [1.29, 1.82) is 0 Å². The van der Waals surface area contributed by atoms with Gasteiger partial charge in [0.2, 0.25) is 0 Å². The van der Waals surface area contributed by atoms with E-state index in [0.29, 0.717) is 0 Å². The van der Waals surface area contributed by atoms with Crippen LogP contribution < -0.4 is 5.32 Å². The summed E-state index contributed by atoms with van der Waals surface area (Å²) in [5.74, 6) is 2.43. The molecule has 1 atom stereocenters. The fourth-order valence-corrected chi connectivity index (χ4v) is 2.28. The molecule has 4 heteroatoms. The Morgan fingerprint density at radius 3 is 2.67 bits per heavy atom. The predicted octanol–water partition coefficient (Wildman–Crippen LogP) is 2.27. The summed E-state index contributed by atoms with van der Waals surface area (Å²) < 4.78 is 0. The lowest BCUT2D eigenvalue weighted by Crippen LogP contribution is -2.17. The van der Waals surface area contributed by atoms with Crippen LogP contribution in [0.15, 0.2) is 30.3 Å². The van der Waals surface area contributed by atoms with Crippen LogP contribution in [0.4, 0.5) is 0 Å². The Kier molecular flexibility index (Phi) is 3.02. The molecule has 1 aromatic heterocycles. The topological polar surface area (TPSA) is 50.7 Å². The zero-order chi connectivity index (χ0) is 12.4. The molecule has 2 aromatic rings. The molecule has 1 aromatic carbocycles. The van der Waals surface area contributed by atoms with E-state index in [2.05, 4.69) is 20.3 Å². The van der Waals surface area contributed by atoms with Gasteiger partial charge >= 0.3 is 0 Å². The Morgan fingerprint density at radius 2 is 1.94 bits per heavy atom. The minimum Gasteiger partial charge on any atom is -0.307 e. The summed E-state index contributed by atoms with van der Waals surface area (Å²) in [6.07, 6.45) is 2.30. The van der Waals surface area contributed by atoms with Crippen molar-refractivity contribution < 1.29 is 0 Å². The van der Waals surface area contributed by atoms with Gasteiger partial charge in [-0.15, -0.1) is 0 Å². The van der Waals surface area contributed by atoms with Crippen molar-refractivity contribution in [3.8, 4) is 11.4 Å². The molecule has 0 aliphatic carbocycles. The van der Waals surface area contributed by atoms with Crippen LogP contribution in [-0.2, 0) is 0 Å². The lowest BCUT2D eigenvalue weighted by Gasteiger charge is -2.10. The third-order valence-corrected chi connectivity index (χ3v) is 3.17. The minimum atomic E-state index is 0.286. The largest absolute Gasteiger partial charge is 0.307 e. The summed E-state index contributed by atoms with van der Waals surface area (Å²) in [6.45, 7) is 2.97. The van der Waals surface area contributed by atoms with Gasteiger partial charge in [0.05, 0.1) is 6.04 Å². The first-order valence-electron chi connectivity index (χ1n) is 6.34. The van der Waals surface area contributed by atoms with Gasteiger partial charge in [-0.3, -0.25) is 0 Å². The van der Waals surface area contributed by atoms with E-state index in [1.165, 1.54) is 6.42 Å². The van der Waals surface area contributed by atoms with Crippen LogP contribution >= 0.6 is 0 Å². The van der Waals surface area contributed by atoms with E-state index in [-0.39, 0.29) is 6.04 Å². The minimum absolute atomic E-state index is 0.286. The highest BCUT2D eigenvalue weighted by Crippen LogP contribution is 2.22. The highest BCUT2D eigenvalue weighted by atomic mass is 15.1. The van der Waals surface area contributed by atoms with Gasteiger partial charge in [-0.05, 0) is 26.3 Å². The Morgan fingerprint density at radius 1 is 1.11 bits per heavy atom. The molecule has 1 aliphatic rings. The monoisotopic (exact) mass is 240 g/mol. The Hall–Kier alpha value is -1.81. The van der Waals surface area contributed by atoms with Crippen molar-refractivity contribution in [2.45, 2.75) is 25.8 Å². The maximum absolute atomic E-state index is 4.60. The van der Waals surface area contributed by atoms with Gasteiger partial charge in [0.15, 0.2) is 5.82 Å². The van der Waals surface area contributed by atoms with Crippen molar-refractivity contribution in [1.82, 2.24) is 20.3 Å². The number of nitrogens with zero attached hydrogens (tertiary/aromatic N) is 3. The number of nitrogens with one attached hydrogen (secondary N) is 1. The Labute approximate surface area is 107 Å². The summed E-state index contributed by atoms with van der Waals surface area (Å²) in [6, 6.07) is 10.3. The van der Waals surface area contributed by atoms with E-state index in [1.54, 1.807) is 0 Å². The highest BCUT2D eigenvalue weighted by molar-refractivity contribution is 5.54. The first-order valence-corrected chi connectivity index (χ1v) is 6.34. The molecule has 18 heavy (non-hydrogen) atoms. The van der Waals surface area contributed by atoms with Gasteiger partial charge in [0, 0.05) is 5.56 Å². The predicted molar refractivity (Wildman–Crippen MR) is 70.0 cm³/mol. The lowest BCUT2D eigenvalue weighted by atomic mass is 10.2. The smallest absolute Gasteiger partial charge is 0.163 e. The number of aromatic nitrogens is 3. The molecule has 92 valence electrons. The maximum atomic E-state index is 4.60. The summed E-state index contributed by atoms with van der Waals surface area (Å²) in [5, 5.41) is 3.43. The quantitative estimate of drug-likeness (QED) is 0.875. The third kappa shape index (κ3) is 2.24. The first kappa shape index (κ1) is 11.3. The summed E-state index contributed by atoms with van der Waals surface area (Å²) in [7, 11) is 0. The van der Waals surface area contributed by atoms with E-state index in [0.717, 1.165) is 36.0 Å². The van der Waals surface area contributed by atoms with Crippen molar-refractivity contribution in [2.24, 2.45) is 0 Å². The van der Waals surface area contributed by atoms with Crippen LogP contribution in [0.5, 0.6) is 0 Å². The lowest BCUT2D eigenvalue weighted by molar-refractivity contribution is 0.598. The van der Waals surface area contributed by atoms with Crippen LogP contribution in [-0.4, -0.2) is 21.5 Å². The van der Waals surface area contributed by atoms with Crippen molar-refractivity contribution in [3.05, 3.63) is 42.0 Å². The van der Waals surface area contributed by atoms with Gasteiger partial charge in [0.1, 0.15) is 11.6 Å². The van der Waals surface area contributed by atoms with Crippen LogP contribution in [0.2, 0.25) is 0 Å². The average Bonchev–Trinajstić information content (AvgIpc) is 2.93. The van der Waals surface area contributed by atoms with E-state index < -0.39 is 0 Å². The molecule has 1 unspecified atom stereocenters. The third-order valence-electron chi connectivity index (χ3n) is 3.17. The molecule has 1 N–H and O–H groups in total. The molecule has 0 radical (unpaired) electrons. The molecule has 1 aliphatic heterocycles. The fraction of sp³-hybridized carbons (Fsp3) is 0.357. The van der Waals surface area contributed by atoms with Gasteiger partial charge in [0.25, 0.3) is 0 Å². The van der Waals surface area contributed by atoms with Crippen LogP contribution in [0.1, 0.15) is 30.5 Å². The maximum Gasteiger partial charge on any atom is 0.163 e. The molecule has 1 fully saturated rings. The summed E-state index contributed by atoms with van der Waals surface area (Å²) >= 11 is 0. The van der Waals surface area contributed by atoms with Gasteiger partial charge < -0.3 is 5.32 Å². The van der Waals surface area contributed by atoms with Gasteiger partial charge in [-0.25, -0.2) is 15.0 Å². The molecular formula is C14H16N4. The average molecular weight is 240 g/mol. The summed E-state index contributed by atoms with van der Waals surface area (Å²) in [4.78, 5) is 13.5. The van der Waals surface area contributed by atoms with E-state index in [4.69, 9.17) is 0 Å². The Bertz CT molecular complexity index is 533. The van der Waals surface area contributed by atoms with Gasteiger partial charge in [-0.2, -0.15) is 0 Å². The van der Waals surface area contributed by atoms with E-state index in [1.807, 2.05) is 37.3 Å². The molecular weight excluding hydrogens is 224 g/mol. The summed E-state index contributed by atoms with van der Waals surface area (Å²) in [5.41, 5.74) is 1.04.